The van der Waals surface area contributed by atoms with Gasteiger partial charge in [-0.15, -0.1) is 0 Å². The number of nitrogens with one attached hydrogen (secondary N) is 1. The van der Waals surface area contributed by atoms with Gasteiger partial charge in [0.25, 0.3) is 0 Å². The first kappa shape index (κ1) is 15.2. The standard InChI is InChI=1S/C15H26N4O/c1-3-16-12-14-4-5-15(13-17-14)20-11-10-19-8-6-18(2)7-9-19/h4-5,13,16H,3,6-12H2,1-2H3. The zero-order valence-electron chi connectivity index (χ0n) is 12.6. The normalized spacial score (nSPS) is 17.3. The van der Waals surface area contributed by atoms with Gasteiger partial charge in [-0.2, -0.15) is 0 Å². The highest BCUT2D eigenvalue weighted by Crippen LogP contribution is 2.09. The summed E-state index contributed by atoms with van der Waals surface area (Å²) in [5.41, 5.74) is 1.05. The van der Waals surface area contributed by atoms with Crippen LogP contribution in [0.1, 0.15) is 12.6 Å². The van der Waals surface area contributed by atoms with E-state index in [0.717, 1.165) is 63.9 Å². The van der Waals surface area contributed by atoms with Crippen molar-refractivity contribution in [1.82, 2.24) is 20.1 Å². The van der Waals surface area contributed by atoms with E-state index >= 15 is 0 Å². The number of likely N-dealkylation sites (N-methyl/N-ethyl adjacent to an activating group) is 1. The number of pyridine rings is 1. The first-order valence-corrected chi connectivity index (χ1v) is 7.47. The van der Waals surface area contributed by atoms with Gasteiger partial charge in [0, 0.05) is 39.3 Å². The van der Waals surface area contributed by atoms with Gasteiger partial charge in [0.05, 0.1) is 11.9 Å². The fraction of sp³-hybridized carbons (Fsp3) is 0.667. The maximum absolute atomic E-state index is 5.76. The van der Waals surface area contributed by atoms with E-state index in [1.807, 2.05) is 18.3 Å². The van der Waals surface area contributed by atoms with Crippen molar-refractivity contribution in [1.29, 1.82) is 0 Å². The minimum Gasteiger partial charge on any atom is -0.491 e. The van der Waals surface area contributed by atoms with Gasteiger partial charge in [-0.3, -0.25) is 9.88 Å². The zero-order chi connectivity index (χ0) is 14.2. The van der Waals surface area contributed by atoms with Crippen molar-refractivity contribution >= 4 is 0 Å². The molecule has 2 rings (SSSR count). The molecule has 1 saturated heterocycles. The summed E-state index contributed by atoms with van der Waals surface area (Å²) >= 11 is 0. The van der Waals surface area contributed by atoms with Gasteiger partial charge in [-0.05, 0) is 25.7 Å². The Morgan fingerprint density at radius 3 is 2.70 bits per heavy atom. The molecule has 0 bridgehead atoms. The molecule has 5 nitrogen and oxygen atoms in total. The third-order valence-electron chi connectivity index (χ3n) is 3.63. The van der Waals surface area contributed by atoms with Crippen molar-refractivity contribution in [2.75, 3.05) is 52.9 Å². The first-order chi connectivity index (χ1) is 9.78. The fourth-order valence-electron chi connectivity index (χ4n) is 2.22. The molecule has 1 aliphatic heterocycles. The third-order valence-corrected chi connectivity index (χ3v) is 3.63. The fourth-order valence-corrected chi connectivity index (χ4v) is 2.22. The molecule has 20 heavy (non-hydrogen) atoms. The number of rotatable bonds is 7. The summed E-state index contributed by atoms with van der Waals surface area (Å²) < 4.78 is 5.76. The van der Waals surface area contributed by atoms with Gasteiger partial charge in [0.1, 0.15) is 12.4 Å². The minimum atomic E-state index is 0.734. The van der Waals surface area contributed by atoms with Crippen LogP contribution in [0.5, 0.6) is 5.75 Å². The highest BCUT2D eigenvalue weighted by atomic mass is 16.5. The van der Waals surface area contributed by atoms with Crippen LogP contribution in [-0.2, 0) is 6.54 Å². The number of piperazine rings is 1. The summed E-state index contributed by atoms with van der Waals surface area (Å²) in [7, 11) is 2.18. The summed E-state index contributed by atoms with van der Waals surface area (Å²) in [6.07, 6.45) is 1.82. The summed E-state index contributed by atoms with van der Waals surface area (Å²) in [4.78, 5) is 9.20. The molecule has 0 aromatic carbocycles. The second kappa shape index (κ2) is 8.19. The topological polar surface area (TPSA) is 40.6 Å². The quantitative estimate of drug-likeness (QED) is 0.799. The average molecular weight is 278 g/mol. The third kappa shape index (κ3) is 5.07. The Hall–Kier alpha value is -1.17. The molecule has 0 spiro atoms. The summed E-state index contributed by atoms with van der Waals surface area (Å²) in [6.45, 7) is 10.2. The largest absolute Gasteiger partial charge is 0.491 e. The van der Waals surface area contributed by atoms with Crippen LogP contribution >= 0.6 is 0 Å². The number of aromatic nitrogens is 1. The van der Waals surface area contributed by atoms with E-state index in [4.69, 9.17) is 4.74 Å². The lowest BCUT2D eigenvalue weighted by atomic mass is 10.3. The van der Waals surface area contributed by atoms with Gasteiger partial charge in [0.2, 0.25) is 0 Å². The van der Waals surface area contributed by atoms with Crippen LogP contribution < -0.4 is 10.1 Å². The number of hydrogen-bond donors (Lipinski definition) is 1. The van der Waals surface area contributed by atoms with Crippen molar-refractivity contribution in [3.05, 3.63) is 24.0 Å². The van der Waals surface area contributed by atoms with Crippen LogP contribution in [0, 0.1) is 0 Å². The molecular weight excluding hydrogens is 252 g/mol. The molecule has 0 amide bonds. The second-order valence-corrected chi connectivity index (χ2v) is 5.26. The van der Waals surface area contributed by atoms with E-state index in [9.17, 15) is 0 Å². The maximum atomic E-state index is 5.76. The lowest BCUT2D eigenvalue weighted by molar-refractivity contribution is 0.133. The van der Waals surface area contributed by atoms with Gasteiger partial charge in [-0.25, -0.2) is 0 Å². The molecular formula is C15H26N4O. The highest BCUT2D eigenvalue weighted by molar-refractivity contribution is 5.19. The van der Waals surface area contributed by atoms with Crippen LogP contribution in [0.3, 0.4) is 0 Å². The van der Waals surface area contributed by atoms with Crippen molar-refractivity contribution < 1.29 is 4.74 Å². The van der Waals surface area contributed by atoms with Crippen molar-refractivity contribution in [2.24, 2.45) is 0 Å². The van der Waals surface area contributed by atoms with Crippen molar-refractivity contribution in [2.45, 2.75) is 13.5 Å². The van der Waals surface area contributed by atoms with E-state index in [0.29, 0.717) is 0 Å². The Bertz CT molecular complexity index is 374. The maximum Gasteiger partial charge on any atom is 0.137 e. The second-order valence-electron chi connectivity index (χ2n) is 5.26. The molecule has 1 aromatic heterocycles. The summed E-state index contributed by atoms with van der Waals surface area (Å²) in [5.74, 6) is 0.861. The Morgan fingerprint density at radius 2 is 2.05 bits per heavy atom. The SMILES string of the molecule is CCNCc1ccc(OCCN2CCN(C)CC2)cn1. The molecule has 5 heteroatoms. The lowest BCUT2D eigenvalue weighted by Gasteiger charge is -2.32. The molecule has 0 atom stereocenters. The van der Waals surface area contributed by atoms with Crippen LogP contribution in [0.15, 0.2) is 18.3 Å². The number of hydrogen-bond acceptors (Lipinski definition) is 5. The van der Waals surface area contributed by atoms with Gasteiger partial charge in [-0.1, -0.05) is 6.92 Å². The Labute approximate surface area is 121 Å². The predicted molar refractivity (Wildman–Crippen MR) is 81.0 cm³/mol. The zero-order valence-corrected chi connectivity index (χ0v) is 12.6. The van der Waals surface area contributed by atoms with Crippen LogP contribution in [-0.4, -0.2) is 67.7 Å². The van der Waals surface area contributed by atoms with Crippen molar-refractivity contribution in [3.63, 3.8) is 0 Å². The molecule has 1 fully saturated rings. The Balaban J connectivity index is 1.66. The van der Waals surface area contributed by atoms with Crippen LogP contribution in [0.4, 0.5) is 0 Å². The lowest BCUT2D eigenvalue weighted by Crippen LogP contribution is -2.45. The van der Waals surface area contributed by atoms with E-state index in [-0.39, 0.29) is 0 Å². The summed E-state index contributed by atoms with van der Waals surface area (Å²) in [5, 5.41) is 3.26. The van der Waals surface area contributed by atoms with E-state index in [2.05, 4.69) is 34.1 Å². The average Bonchev–Trinajstić information content (AvgIpc) is 2.48. The number of ether oxygens (including phenoxy) is 1. The molecule has 112 valence electrons. The van der Waals surface area contributed by atoms with Gasteiger partial charge < -0.3 is 15.0 Å². The molecule has 1 aromatic rings. The predicted octanol–water partition coefficient (Wildman–Crippen LogP) is 0.817. The first-order valence-electron chi connectivity index (χ1n) is 7.47. The Morgan fingerprint density at radius 1 is 1.25 bits per heavy atom. The molecule has 0 unspecified atom stereocenters. The minimum absolute atomic E-state index is 0.734. The van der Waals surface area contributed by atoms with Gasteiger partial charge >= 0.3 is 0 Å². The van der Waals surface area contributed by atoms with E-state index in [1.165, 1.54) is 0 Å². The van der Waals surface area contributed by atoms with Crippen LogP contribution in [0.2, 0.25) is 0 Å². The number of nitrogens with zero attached hydrogens (tertiary/aromatic N) is 3. The molecule has 1 N–H and O–H groups in total. The molecule has 2 heterocycles. The molecule has 0 aliphatic carbocycles. The highest BCUT2D eigenvalue weighted by Gasteiger charge is 2.13. The molecule has 1 aliphatic rings. The van der Waals surface area contributed by atoms with Crippen molar-refractivity contribution in [3.8, 4) is 5.75 Å². The van der Waals surface area contributed by atoms with E-state index < -0.39 is 0 Å². The molecule has 0 saturated carbocycles. The molecule has 0 radical (unpaired) electrons. The monoisotopic (exact) mass is 278 g/mol. The van der Waals surface area contributed by atoms with Gasteiger partial charge in [0.15, 0.2) is 0 Å². The summed E-state index contributed by atoms with van der Waals surface area (Å²) in [6, 6.07) is 4.03. The Kier molecular flexibility index (Phi) is 6.24. The smallest absolute Gasteiger partial charge is 0.137 e. The van der Waals surface area contributed by atoms with Crippen LogP contribution in [0.25, 0.3) is 0 Å². The van der Waals surface area contributed by atoms with E-state index in [1.54, 1.807) is 0 Å².